The molecule has 24 heavy (non-hydrogen) atoms. The number of thioether (sulfide) groups is 1. The number of nitrogens with one attached hydrogen (secondary N) is 1. The molecule has 1 amide bonds. The molecule has 0 saturated carbocycles. The summed E-state index contributed by atoms with van der Waals surface area (Å²) < 4.78 is 37.6. The second kappa shape index (κ2) is 7.35. The molecule has 9 heteroatoms. The van der Waals surface area contributed by atoms with Gasteiger partial charge in [-0.05, 0) is 23.9 Å². The molecule has 0 spiro atoms. The third-order valence-corrected chi connectivity index (χ3v) is 3.73. The van der Waals surface area contributed by atoms with Gasteiger partial charge in [0.1, 0.15) is 0 Å². The van der Waals surface area contributed by atoms with Crippen molar-refractivity contribution in [3.63, 3.8) is 0 Å². The fourth-order valence-corrected chi connectivity index (χ4v) is 2.61. The van der Waals surface area contributed by atoms with Crippen molar-refractivity contribution >= 4 is 29.0 Å². The minimum absolute atomic E-state index is 0.00316. The number of alkyl halides is 3. The molecule has 0 radical (unpaired) electrons. The van der Waals surface area contributed by atoms with E-state index in [1.807, 2.05) is 0 Å². The van der Waals surface area contributed by atoms with Gasteiger partial charge in [0.05, 0.1) is 17.0 Å². The van der Waals surface area contributed by atoms with Crippen molar-refractivity contribution in [1.82, 2.24) is 0 Å². The van der Waals surface area contributed by atoms with Crippen molar-refractivity contribution in [3.05, 3.63) is 64.2 Å². The lowest BCUT2D eigenvalue weighted by Crippen LogP contribution is -2.16. The molecule has 2 aromatic rings. The molecular weight excluding hydrogens is 345 g/mol. The van der Waals surface area contributed by atoms with Crippen LogP contribution in [0.4, 0.5) is 24.5 Å². The predicted octanol–water partition coefficient (Wildman–Crippen LogP) is 4.39. The van der Waals surface area contributed by atoms with Gasteiger partial charge in [-0.2, -0.15) is 13.2 Å². The van der Waals surface area contributed by atoms with Gasteiger partial charge in [-0.1, -0.05) is 30.3 Å². The van der Waals surface area contributed by atoms with Crippen LogP contribution in [0.25, 0.3) is 0 Å². The Hall–Kier alpha value is -2.55. The second-order valence-corrected chi connectivity index (χ2v) is 5.76. The molecule has 0 aromatic heterocycles. The maximum atomic E-state index is 12.5. The van der Waals surface area contributed by atoms with Crippen molar-refractivity contribution in [2.45, 2.75) is 16.8 Å². The summed E-state index contributed by atoms with van der Waals surface area (Å²) in [7, 11) is 0. The van der Waals surface area contributed by atoms with Gasteiger partial charge in [-0.15, -0.1) is 0 Å². The van der Waals surface area contributed by atoms with Gasteiger partial charge in [-0.25, -0.2) is 0 Å². The van der Waals surface area contributed by atoms with E-state index in [4.69, 9.17) is 0 Å². The highest BCUT2D eigenvalue weighted by atomic mass is 32.2. The lowest BCUT2D eigenvalue weighted by atomic mass is 10.1. The lowest BCUT2D eigenvalue weighted by molar-refractivity contribution is -0.385. The van der Waals surface area contributed by atoms with Gasteiger partial charge in [0.15, 0.2) is 0 Å². The van der Waals surface area contributed by atoms with E-state index in [1.54, 1.807) is 6.07 Å². The number of para-hydroxylation sites is 2. The van der Waals surface area contributed by atoms with Crippen molar-refractivity contribution in [2.75, 3.05) is 5.32 Å². The molecule has 0 fully saturated rings. The van der Waals surface area contributed by atoms with Crippen molar-refractivity contribution < 1.29 is 22.9 Å². The molecule has 2 aromatic carbocycles. The summed E-state index contributed by atoms with van der Waals surface area (Å²) in [4.78, 5) is 22.2. The smallest absolute Gasteiger partial charge is 0.325 e. The molecule has 0 aliphatic rings. The highest BCUT2D eigenvalue weighted by Gasteiger charge is 2.30. The Morgan fingerprint density at radius 1 is 1.12 bits per heavy atom. The molecule has 126 valence electrons. The SMILES string of the molecule is O=C(Cc1ccccc1[N+](=O)[O-])Nc1ccccc1SC(F)(F)F. The lowest BCUT2D eigenvalue weighted by Gasteiger charge is -2.12. The number of benzene rings is 2. The first-order valence-electron chi connectivity index (χ1n) is 6.63. The van der Waals surface area contributed by atoms with Crippen LogP contribution in [0.2, 0.25) is 0 Å². The number of nitro benzene ring substituents is 1. The van der Waals surface area contributed by atoms with Gasteiger partial charge in [0.2, 0.25) is 5.91 Å². The molecule has 0 unspecified atom stereocenters. The number of carbonyl (C=O) groups is 1. The quantitative estimate of drug-likeness (QED) is 0.490. The number of hydrogen-bond donors (Lipinski definition) is 1. The average molecular weight is 356 g/mol. The van der Waals surface area contributed by atoms with E-state index in [9.17, 15) is 28.1 Å². The van der Waals surface area contributed by atoms with Crippen LogP contribution in [0.5, 0.6) is 0 Å². The molecule has 0 saturated heterocycles. The van der Waals surface area contributed by atoms with Crippen LogP contribution in [-0.2, 0) is 11.2 Å². The van der Waals surface area contributed by atoms with Crippen LogP contribution >= 0.6 is 11.8 Å². The summed E-state index contributed by atoms with van der Waals surface area (Å²) in [6, 6.07) is 11.2. The summed E-state index contributed by atoms with van der Waals surface area (Å²) >= 11 is -0.339. The minimum atomic E-state index is -4.49. The molecule has 0 heterocycles. The van der Waals surface area contributed by atoms with Crippen molar-refractivity contribution in [1.29, 1.82) is 0 Å². The predicted molar refractivity (Wildman–Crippen MR) is 83.8 cm³/mol. The zero-order chi connectivity index (χ0) is 17.7. The zero-order valence-corrected chi connectivity index (χ0v) is 12.9. The highest BCUT2D eigenvalue weighted by Crippen LogP contribution is 2.40. The highest BCUT2D eigenvalue weighted by molar-refractivity contribution is 8.00. The summed E-state index contributed by atoms with van der Waals surface area (Å²) in [6.07, 6.45) is -0.317. The van der Waals surface area contributed by atoms with Gasteiger partial charge in [-0.3, -0.25) is 14.9 Å². The Morgan fingerprint density at radius 2 is 1.75 bits per heavy atom. The molecule has 0 bridgehead atoms. The number of anilines is 1. The largest absolute Gasteiger partial charge is 0.446 e. The molecule has 0 aliphatic carbocycles. The molecule has 1 N–H and O–H groups in total. The number of halogens is 3. The van der Waals surface area contributed by atoms with Crippen LogP contribution < -0.4 is 5.32 Å². The van der Waals surface area contributed by atoms with E-state index in [0.29, 0.717) is 0 Å². The molecule has 5 nitrogen and oxygen atoms in total. The molecule has 0 aliphatic heterocycles. The number of nitro groups is 1. The Bertz CT molecular complexity index is 766. The van der Waals surface area contributed by atoms with Gasteiger partial charge >= 0.3 is 5.51 Å². The topological polar surface area (TPSA) is 72.2 Å². The monoisotopic (exact) mass is 356 g/mol. The summed E-state index contributed by atoms with van der Waals surface area (Å²) in [5, 5.41) is 13.3. The summed E-state index contributed by atoms with van der Waals surface area (Å²) in [5.74, 6) is -0.639. The average Bonchev–Trinajstić information content (AvgIpc) is 2.48. The first-order chi connectivity index (χ1) is 11.3. The molecule has 0 atom stereocenters. The van der Waals surface area contributed by atoms with E-state index in [2.05, 4.69) is 5.32 Å². The fourth-order valence-electron chi connectivity index (χ4n) is 1.99. The standard InChI is InChI=1S/C15H11F3N2O3S/c16-15(17,18)24-13-8-4-2-6-11(13)19-14(21)9-10-5-1-3-7-12(10)20(22)23/h1-8H,9H2,(H,19,21). The zero-order valence-electron chi connectivity index (χ0n) is 12.0. The maximum Gasteiger partial charge on any atom is 0.446 e. The Kier molecular flexibility index (Phi) is 5.45. The third-order valence-electron chi connectivity index (χ3n) is 2.93. The van der Waals surface area contributed by atoms with Gasteiger partial charge < -0.3 is 5.32 Å². The van der Waals surface area contributed by atoms with E-state index in [-0.39, 0.29) is 40.0 Å². The van der Waals surface area contributed by atoms with Crippen LogP contribution in [-0.4, -0.2) is 16.3 Å². The summed E-state index contributed by atoms with van der Waals surface area (Å²) in [5.41, 5.74) is -4.52. The Balaban J connectivity index is 2.15. The van der Waals surface area contributed by atoms with Crippen LogP contribution in [0.1, 0.15) is 5.56 Å². The first kappa shape index (κ1) is 17.8. The number of nitrogens with zero attached hydrogens (tertiary/aromatic N) is 1. The molecular formula is C15H11F3N2O3S. The number of carbonyl (C=O) groups excluding carboxylic acids is 1. The van der Waals surface area contributed by atoms with E-state index in [0.717, 1.165) is 0 Å². The fraction of sp³-hybridized carbons (Fsp3) is 0.133. The third kappa shape index (κ3) is 4.98. The van der Waals surface area contributed by atoms with Crippen LogP contribution in [0.15, 0.2) is 53.4 Å². The Labute approximate surface area is 139 Å². The second-order valence-electron chi connectivity index (χ2n) is 4.65. The van der Waals surface area contributed by atoms with Crippen molar-refractivity contribution in [3.8, 4) is 0 Å². The molecule has 2 rings (SSSR count). The Morgan fingerprint density at radius 3 is 2.42 bits per heavy atom. The van der Waals surface area contributed by atoms with E-state index in [1.165, 1.54) is 42.5 Å². The first-order valence-corrected chi connectivity index (χ1v) is 7.45. The van der Waals surface area contributed by atoms with Gasteiger partial charge in [0.25, 0.3) is 5.69 Å². The van der Waals surface area contributed by atoms with E-state index < -0.39 is 16.3 Å². The number of hydrogen-bond acceptors (Lipinski definition) is 4. The summed E-state index contributed by atoms with van der Waals surface area (Å²) in [6.45, 7) is 0. The normalized spacial score (nSPS) is 11.1. The number of rotatable bonds is 5. The number of amides is 1. The van der Waals surface area contributed by atoms with Crippen LogP contribution in [0, 0.1) is 10.1 Å². The minimum Gasteiger partial charge on any atom is -0.325 e. The van der Waals surface area contributed by atoms with Gasteiger partial charge in [0, 0.05) is 16.5 Å². The maximum absolute atomic E-state index is 12.5. The van der Waals surface area contributed by atoms with E-state index >= 15 is 0 Å². The van der Waals surface area contributed by atoms with Crippen molar-refractivity contribution in [2.24, 2.45) is 0 Å². The van der Waals surface area contributed by atoms with Crippen LogP contribution in [0.3, 0.4) is 0 Å².